The monoisotopic (exact) mass is 555 g/mol. The van der Waals surface area contributed by atoms with Crippen LogP contribution in [-0.2, 0) is 26.2 Å². The number of rotatable bonds is 13. The van der Waals surface area contributed by atoms with Gasteiger partial charge in [-0.2, -0.15) is 0 Å². The summed E-state index contributed by atoms with van der Waals surface area (Å²) in [5.74, 6) is -0.421. The highest BCUT2D eigenvalue weighted by molar-refractivity contribution is 7.92. The van der Waals surface area contributed by atoms with E-state index in [4.69, 9.17) is 23.2 Å². The van der Waals surface area contributed by atoms with Crippen molar-refractivity contribution in [3.63, 3.8) is 0 Å². The lowest BCUT2D eigenvalue weighted by Gasteiger charge is -2.32. The maximum Gasteiger partial charge on any atom is 0.243 e. The quantitative estimate of drug-likeness (QED) is 0.365. The van der Waals surface area contributed by atoms with Gasteiger partial charge in [0.15, 0.2) is 0 Å². The highest BCUT2D eigenvalue weighted by Crippen LogP contribution is 2.31. The molecular weight excluding hydrogens is 521 g/mol. The van der Waals surface area contributed by atoms with E-state index in [2.05, 4.69) is 5.32 Å². The lowest BCUT2D eigenvalue weighted by Crippen LogP contribution is -2.50. The molecule has 10 heteroatoms. The highest BCUT2D eigenvalue weighted by atomic mass is 35.5. The summed E-state index contributed by atoms with van der Waals surface area (Å²) in [7, 11) is -3.67. The maximum absolute atomic E-state index is 13.4. The Labute approximate surface area is 224 Å². The van der Waals surface area contributed by atoms with Gasteiger partial charge in [-0.3, -0.25) is 13.9 Å². The summed E-state index contributed by atoms with van der Waals surface area (Å²) < 4.78 is 26.1. The predicted octanol–water partition coefficient (Wildman–Crippen LogP) is 5.26. The average Bonchev–Trinajstić information content (AvgIpc) is 2.83. The van der Waals surface area contributed by atoms with Gasteiger partial charge in [0.05, 0.1) is 17.0 Å². The zero-order valence-electron chi connectivity index (χ0n) is 21.2. The van der Waals surface area contributed by atoms with Crippen LogP contribution in [0.2, 0.25) is 10.0 Å². The third kappa shape index (κ3) is 8.68. The molecule has 0 spiro atoms. The number of carbonyl (C=O) groups excluding carboxylic acids is 2. The number of sulfonamides is 1. The Kier molecular flexibility index (Phi) is 11.5. The molecule has 2 aromatic carbocycles. The summed E-state index contributed by atoms with van der Waals surface area (Å²) in [6, 6.07) is 13.4. The molecule has 0 unspecified atom stereocenters. The first-order chi connectivity index (χ1) is 17.0. The van der Waals surface area contributed by atoms with Crippen LogP contribution in [0.25, 0.3) is 0 Å². The van der Waals surface area contributed by atoms with Crippen molar-refractivity contribution in [3.8, 4) is 0 Å². The van der Waals surface area contributed by atoms with Crippen molar-refractivity contribution in [3.05, 3.63) is 64.1 Å². The molecule has 0 bridgehead atoms. The zero-order valence-corrected chi connectivity index (χ0v) is 23.5. The molecule has 0 radical (unpaired) electrons. The lowest BCUT2D eigenvalue weighted by molar-refractivity contribution is -0.141. The fourth-order valence-corrected chi connectivity index (χ4v) is 5.21. The van der Waals surface area contributed by atoms with Crippen molar-refractivity contribution in [2.45, 2.75) is 65.1 Å². The Hall–Kier alpha value is -2.29. The Morgan fingerprint density at radius 1 is 1.03 bits per heavy atom. The second kappa shape index (κ2) is 13.9. The first kappa shape index (κ1) is 29.9. The van der Waals surface area contributed by atoms with Gasteiger partial charge in [0.1, 0.15) is 6.04 Å². The van der Waals surface area contributed by atoms with Crippen molar-refractivity contribution in [2.24, 2.45) is 0 Å². The third-order valence-electron chi connectivity index (χ3n) is 5.91. The largest absolute Gasteiger partial charge is 0.352 e. The van der Waals surface area contributed by atoms with E-state index in [-0.39, 0.29) is 54.5 Å². The van der Waals surface area contributed by atoms with Gasteiger partial charge in [0.2, 0.25) is 21.8 Å². The number of amides is 2. The average molecular weight is 557 g/mol. The van der Waals surface area contributed by atoms with E-state index in [0.29, 0.717) is 11.4 Å². The van der Waals surface area contributed by atoms with Gasteiger partial charge in [0, 0.05) is 30.6 Å². The normalized spacial score (nSPS) is 13.1. The number of benzene rings is 2. The molecule has 0 aliphatic carbocycles. The zero-order chi connectivity index (χ0) is 26.9. The minimum Gasteiger partial charge on any atom is -0.352 e. The van der Waals surface area contributed by atoms with Crippen LogP contribution in [0.15, 0.2) is 48.5 Å². The lowest BCUT2D eigenvalue weighted by atomic mass is 10.1. The van der Waals surface area contributed by atoms with Crippen LogP contribution in [0.1, 0.15) is 52.0 Å². The summed E-state index contributed by atoms with van der Waals surface area (Å²) in [6.07, 6.45) is 2.62. The molecule has 1 N–H and O–H groups in total. The van der Waals surface area contributed by atoms with Gasteiger partial charge in [-0.15, -0.1) is 0 Å². The molecule has 0 fully saturated rings. The van der Waals surface area contributed by atoms with Crippen LogP contribution in [0.4, 0.5) is 5.69 Å². The predicted molar refractivity (Wildman–Crippen MR) is 147 cm³/mol. The topological polar surface area (TPSA) is 86.8 Å². The molecule has 2 atom stereocenters. The molecule has 2 rings (SSSR count). The fraction of sp³-hybridized carbons (Fsp3) is 0.462. The first-order valence-corrected chi connectivity index (χ1v) is 14.6. The van der Waals surface area contributed by atoms with E-state index < -0.39 is 16.1 Å². The van der Waals surface area contributed by atoms with E-state index in [1.807, 2.05) is 51.1 Å². The first-order valence-electron chi connectivity index (χ1n) is 12.0. The van der Waals surface area contributed by atoms with Gasteiger partial charge >= 0.3 is 0 Å². The van der Waals surface area contributed by atoms with Crippen LogP contribution in [-0.4, -0.2) is 50.0 Å². The molecule has 2 amide bonds. The van der Waals surface area contributed by atoms with Crippen molar-refractivity contribution in [1.29, 1.82) is 0 Å². The second-order valence-corrected chi connectivity index (χ2v) is 11.5. The minimum atomic E-state index is -3.67. The number of carbonyl (C=O) groups is 2. The standard InChI is InChI=1S/C26H35Cl2N3O4S/c1-5-19(3)29-26(33)23(6-2)30(18-20-11-8-7-9-12-20)25(32)13-10-16-31(36(4,34)35)24-17-21(27)14-15-22(24)28/h7-9,11-12,14-15,17,19,23H,5-6,10,13,16,18H2,1-4H3,(H,29,33)/t19-,23+/m0/s1. The molecule has 0 saturated carbocycles. The maximum atomic E-state index is 13.4. The van der Waals surface area contributed by atoms with Gasteiger partial charge in [-0.25, -0.2) is 8.42 Å². The van der Waals surface area contributed by atoms with E-state index in [0.717, 1.165) is 22.5 Å². The molecule has 198 valence electrons. The number of anilines is 1. The van der Waals surface area contributed by atoms with Gasteiger partial charge in [-0.1, -0.05) is 67.4 Å². The molecular formula is C26H35Cl2N3O4S. The highest BCUT2D eigenvalue weighted by Gasteiger charge is 2.29. The molecule has 0 aliphatic heterocycles. The third-order valence-corrected chi connectivity index (χ3v) is 7.65. The van der Waals surface area contributed by atoms with Crippen molar-refractivity contribution in [1.82, 2.24) is 10.2 Å². The molecule has 7 nitrogen and oxygen atoms in total. The SMILES string of the molecule is CC[C@H](C(=O)N[C@@H](C)CC)N(Cc1ccccc1)C(=O)CCCN(c1cc(Cl)ccc1Cl)S(C)(=O)=O. The summed E-state index contributed by atoms with van der Waals surface area (Å²) in [5.41, 5.74) is 1.17. The number of hydrogen-bond acceptors (Lipinski definition) is 4. The molecule has 0 heterocycles. The Morgan fingerprint density at radius 2 is 1.69 bits per heavy atom. The summed E-state index contributed by atoms with van der Waals surface area (Å²) >= 11 is 12.3. The van der Waals surface area contributed by atoms with Crippen molar-refractivity contribution < 1.29 is 18.0 Å². The van der Waals surface area contributed by atoms with Gasteiger partial charge in [-0.05, 0) is 49.9 Å². The van der Waals surface area contributed by atoms with E-state index in [9.17, 15) is 18.0 Å². The van der Waals surface area contributed by atoms with Gasteiger partial charge < -0.3 is 10.2 Å². The summed E-state index contributed by atoms with van der Waals surface area (Å²) in [4.78, 5) is 28.0. The molecule has 2 aromatic rings. The fourth-order valence-electron chi connectivity index (χ4n) is 3.80. The van der Waals surface area contributed by atoms with Crippen LogP contribution >= 0.6 is 23.2 Å². The number of nitrogens with one attached hydrogen (secondary N) is 1. The van der Waals surface area contributed by atoms with E-state index in [1.54, 1.807) is 11.0 Å². The van der Waals surface area contributed by atoms with E-state index in [1.165, 1.54) is 12.1 Å². The summed E-state index contributed by atoms with van der Waals surface area (Å²) in [6.45, 7) is 6.10. The molecule has 0 aromatic heterocycles. The number of hydrogen-bond donors (Lipinski definition) is 1. The molecule has 36 heavy (non-hydrogen) atoms. The smallest absolute Gasteiger partial charge is 0.243 e. The number of halogens is 2. The van der Waals surface area contributed by atoms with Crippen LogP contribution in [0.3, 0.4) is 0 Å². The van der Waals surface area contributed by atoms with Crippen LogP contribution < -0.4 is 9.62 Å². The van der Waals surface area contributed by atoms with Crippen LogP contribution in [0.5, 0.6) is 0 Å². The van der Waals surface area contributed by atoms with Crippen molar-refractivity contribution in [2.75, 3.05) is 17.1 Å². The Balaban J connectivity index is 2.23. The number of nitrogens with zero attached hydrogens (tertiary/aromatic N) is 2. The van der Waals surface area contributed by atoms with Crippen molar-refractivity contribution >= 4 is 50.7 Å². The Morgan fingerprint density at radius 3 is 2.28 bits per heavy atom. The Bertz CT molecular complexity index is 1130. The van der Waals surface area contributed by atoms with Gasteiger partial charge in [0.25, 0.3) is 0 Å². The minimum absolute atomic E-state index is 0.00834. The summed E-state index contributed by atoms with van der Waals surface area (Å²) in [5, 5.41) is 3.58. The van der Waals surface area contributed by atoms with Crippen LogP contribution in [0, 0.1) is 0 Å². The molecule has 0 saturated heterocycles. The molecule has 0 aliphatic rings. The van der Waals surface area contributed by atoms with E-state index >= 15 is 0 Å². The second-order valence-electron chi connectivity index (χ2n) is 8.78.